The standard InChI is InChI=1S/C15H16FN5O/c1-9(2)22-12-4-3-10(5-11(12)16)6-17-14-13-15(19-7-18-13)21-8-20-14/h3-5,7-9H,6H2,1-2H3,(H2,17,18,19,20,21). The van der Waals surface area contributed by atoms with Crippen molar-refractivity contribution in [3.05, 3.63) is 42.2 Å². The van der Waals surface area contributed by atoms with Crippen molar-refractivity contribution in [3.63, 3.8) is 0 Å². The van der Waals surface area contributed by atoms with Crippen molar-refractivity contribution in [2.24, 2.45) is 0 Å². The Kier molecular flexibility index (Phi) is 3.86. The lowest BCUT2D eigenvalue weighted by Crippen LogP contribution is -2.08. The van der Waals surface area contributed by atoms with E-state index < -0.39 is 0 Å². The average Bonchev–Trinajstić information content (AvgIpc) is 2.96. The second-order valence-electron chi connectivity index (χ2n) is 5.11. The van der Waals surface area contributed by atoms with Crippen molar-refractivity contribution in [3.8, 4) is 5.75 Å². The van der Waals surface area contributed by atoms with Crippen LogP contribution >= 0.6 is 0 Å². The molecule has 1 aromatic carbocycles. The zero-order chi connectivity index (χ0) is 15.5. The summed E-state index contributed by atoms with van der Waals surface area (Å²) in [5.41, 5.74) is 2.10. The monoisotopic (exact) mass is 301 g/mol. The Hall–Kier alpha value is -2.70. The van der Waals surface area contributed by atoms with Crippen LogP contribution in [0.15, 0.2) is 30.9 Å². The van der Waals surface area contributed by atoms with Gasteiger partial charge in [0.25, 0.3) is 0 Å². The van der Waals surface area contributed by atoms with E-state index >= 15 is 0 Å². The highest BCUT2D eigenvalue weighted by Gasteiger charge is 2.08. The first-order chi connectivity index (χ1) is 10.6. The van der Waals surface area contributed by atoms with Crippen LogP contribution in [0.5, 0.6) is 5.75 Å². The van der Waals surface area contributed by atoms with E-state index in [9.17, 15) is 4.39 Å². The molecule has 0 atom stereocenters. The predicted molar refractivity (Wildman–Crippen MR) is 81.2 cm³/mol. The number of hydrogen-bond acceptors (Lipinski definition) is 5. The number of hydrogen-bond donors (Lipinski definition) is 2. The molecule has 0 saturated carbocycles. The molecule has 0 fully saturated rings. The Labute approximate surface area is 126 Å². The van der Waals surface area contributed by atoms with Gasteiger partial charge in [-0.25, -0.2) is 19.3 Å². The van der Waals surface area contributed by atoms with E-state index in [4.69, 9.17) is 4.74 Å². The largest absolute Gasteiger partial charge is 0.488 e. The normalized spacial score (nSPS) is 11.1. The molecule has 0 saturated heterocycles. The predicted octanol–water partition coefficient (Wildman–Crippen LogP) is 2.89. The highest BCUT2D eigenvalue weighted by molar-refractivity contribution is 5.81. The minimum atomic E-state index is -0.373. The van der Waals surface area contributed by atoms with Gasteiger partial charge in [-0.2, -0.15) is 0 Å². The Morgan fingerprint density at radius 2 is 2.14 bits per heavy atom. The Morgan fingerprint density at radius 3 is 2.91 bits per heavy atom. The third-order valence-corrected chi connectivity index (χ3v) is 3.04. The van der Waals surface area contributed by atoms with Gasteiger partial charge in [-0.05, 0) is 31.5 Å². The molecule has 2 heterocycles. The first-order valence-corrected chi connectivity index (χ1v) is 6.96. The lowest BCUT2D eigenvalue weighted by atomic mass is 10.2. The average molecular weight is 301 g/mol. The van der Waals surface area contributed by atoms with Crippen LogP contribution in [0.2, 0.25) is 0 Å². The smallest absolute Gasteiger partial charge is 0.182 e. The zero-order valence-corrected chi connectivity index (χ0v) is 12.3. The summed E-state index contributed by atoms with van der Waals surface area (Å²) in [7, 11) is 0. The first-order valence-electron chi connectivity index (χ1n) is 6.96. The molecule has 6 nitrogen and oxygen atoms in total. The number of aromatic nitrogens is 4. The third-order valence-electron chi connectivity index (χ3n) is 3.04. The fourth-order valence-electron chi connectivity index (χ4n) is 2.09. The van der Waals surface area contributed by atoms with Crippen LogP contribution in [0.3, 0.4) is 0 Å². The number of rotatable bonds is 5. The molecule has 2 aromatic heterocycles. The summed E-state index contributed by atoms with van der Waals surface area (Å²) in [6, 6.07) is 4.91. The van der Waals surface area contributed by atoms with Crippen LogP contribution in [-0.2, 0) is 6.54 Å². The fraction of sp³-hybridized carbons (Fsp3) is 0.267. The van der Waals surface area contributed by atoms with E-state index in [1.807, 2.05) is 19.9 Å². The second-order valence-corrected chi connectivity index (χ2v) is 5.11. The Morgan fingerprint density at radius 1 is 1.27 bits per heavy atom. The molecule has 3 rings (SSSR count). The van der Waals surface area contributed by atoms with Crippen molar-refractivity contribution in [1.82, 2.24) is 19.9 Å². The topological polar surface area (TPSA) is 75.7 Å². The van der Waals surface area contributed by atoms with Crippen LogP contribution < -0.4 is 10.1 Å². The lowest BCUT2D eigenvalue weighted by Gasteiger charge is -2.12. The molecule has 0 aliphatic carbocycles. The number of nitrogens with zero attached hydrogens (tertiary/aromatic N) is 3. The summed E-state index contributed by atoms with van der Waals surface area (Å²) in [4.78, 5) is 15.2. The van der Waals surface area contributed by atoms with Gasteiger partial charge >= 0.3 is 0 Å². The van der Waals surface area contributed by atoms with Gasteiger partial charge in [-0.15, -0.1) is 0 Å². The first kappa shape index (κ1) is 14.2. The summed E-state index contributed by atoms with van der Waals surface area (Å²) in [6.45, 7) is 4.16. The molecular weight excluding hydrogens is 285 g/mol. The van der Waals surface area contributed by atoms with Crippen LogP contribution in [0.4, 0.5) is 10.2 Å². The molecule has 7 heteroatoms. The molecular formula is C15H16FN5O. The van der Waals surface area contributed by atoms with Crippen molar-refractivity contribution in [1.29, 1.82) is 0 Å². The number of nitrogens with one attached hydrogen (secondary N) is 2. The molecule has 0 spiro atoms. The third kappa shape index (κ3) is 2.98. The molecule has 0 aliphatic heterocycles. The zero-order valence-electron chi connectivity index (χ0n) is 12.3. The molecule has 2 N–H and O–H groups in total. The van der Waals surface area contributed by atoms with Crippen LogP contribution in [0.1, 0.15) is 19.4 Å². The quantitative estimate of drug-likeness (QED) is 0.758. The Bertz CT molecular complexity index is 786. The van der Waals surface area contributed by atoms with Gasteiger partial charge < -0.3 is 15.0 Å². The summed E-state index contributed by atoms with van der Waals surface area (Å²) >= 11 is 0. The highest BCUT2D eigenvalue weighted by Crippen LogP contribution is 2.21. The number of halogens is 1. The van der Waals surface area contributed by atoms with Crippen LogP contribution in [0.25, 0.3) is 11.2 Å². The van der Waals surface area contributed by atoms with Gasteiger partial charge in [-0.1, -0.05) is 6.07 Å². The van der Waals surface area contributed by atoms with Crippen molar-refractivity contribution in [2.75, 3.05) is 5.32 Å². The molecule has 0 unspecified atom stereocenters. The number of H-pyrrole nitrogens is 1. The van der Waals surface area contributed by atoms with Crippen LogP contribution in [-0.4, -0.2) is 26.0 Å². The van der Waals surface area contributed by atoms with E-state index in [0.29, 0.717) is 18.0 Å². The van der Waals surface area contributed by atoms with Gasteiger partial charge in [0.15, 0.2) is 23.0 Å². The molecule has 114 valence electrons. The van der Waals surface area contributed by atoms with E-state index in [0.717, 1.165) is 11.1 Å². The minimum Gasteiger partial charge on any atom is -0.488 e. The highest BCUT2D eigenvalue weighted by atomic mass is 19.1. The summed E-state index contributed by atoms with van der Waals surface area (Å²) in [5.74, 6) is 0.518. The van der Waals surface area contributed by atoms with Crippen molar-refractivity contribution >= 4 is 17.0 Å². The van der Waals surface area contributed by atoms with E-state index in [-0.39, 0.29) is 17.7 Å². The number of aromatic amines is 1. The molecule has 3 aromatic rings. The summed E-state index contributed by atoms with van der Waals surface area (Å²) in [6.07, 6.45) is 2.93. The molecule has 0 radical (unpaired) electrons. The summed E-state index contributed by atoms with van der Waals surface area (Å²) in [5, 5.41) is 3.15. The Balaban J connectivity index is 1.74. The second kappa shape index (κ2) is 5.97. The maximum absolute atomic E-state index is 13.9. The van der Waals surface area contributed by atoms with Crippen molar-refractivity contribution in [2.45, 2.75) is 26.5 Å². The number of imidazole rings is 1. The van der Waals surface area contributed by atoms with E-state index in [2.05, 4.69) is 25.3 Å². The minimum absolute atomic E-state index is 0.0619. The maximum atomic E-state index is 13.9. The summed E-state index contributed by atoms with van der Waals surface area (Å²) < 4.78 is 19.3. The number of ether oxygens (including phenoxy) is 1. The van der Waals surface area contributed by atoms with Gasteiger partial charge in [0.2, 0.25) is 0 Å². The van der Waals surface area contributed by atoms with Crippen molar-refractivity contribution < 1.29 is 9.13 Å². The van der Waals surface area contributed by atoms with Gasteiger partial charge in [0, 0.05) is 6.54 Å². The maximum Gasteiger partial charge on any atom is 0.182 e. The van der Waals surface area contributed by atoms with E-state index in [1.165, 1.54) is 12.4 Å². The molecule has 0 aliphatic rings. The van der Waals surface area contributed by atoms with Crippen LogP contribution in [0, 0.1) is 5.82 Å². The lowest BCUT2D eigenvalue weighted by molar-refractivity contribution is 0.231. The number of anilines is 1. The SMILES string of the molecule is CC(C)Oc1ccc(CNc2ncnc3nc[nH]c23)cc1F. The number of benzene rings is 1. The van der Waals surface area contributed by atoms with Gasteiger partial charge in [0.05, 0.1) is 12.4 Å². The molecule has 22 heavy (non-hydrogen) atoms. The molecule has 0 bridgehead atoms. The van der Waals surface area contributed by atoms with E-state index in [1.54, 1.807) is 12.4 Å². The van der Waals surface area contributed by atoms with Gasteiger partial charge in [-0.3, -0.25) is 0 Å². The number of fused-ring (bicyclic) bond motifs is 1. The molecule has 0 amide bonds. The van der Waals surface area contributed by atoms with Gasteiger partial charge in [0.1, 0.15) is 11.8 Å². The fourth-order valence-corrected chi connectivity index (χ4v) is 2.09.